The third-order valence-electron chi connectivity index (χ3n) is 2.75. The number of carboxylic acid groups (broad SMARTS) is 1. The van der Waals surface area contributed by atoms with Crippen molar-refractivity contribution < 1.29 is 14.7 Å². The van der Waals surface area contributed by atoms with Crippen LogP contribution < -0.4 is 10.6 Å². The highest BCUT2D eigenvalue weighted by Crippen LogP contribution is 2.11. The second-order valence-electron chi connectivity index (χ2n) is 4.26. The molecule has 2 rings (SSSR count). The average molecular weight is 274 g/mol. The summed E-state index contributed by atoms with van der Waals surface area (Å²) in [6.45, 7) is 1.88. The van der Waals surface area contributed by atoms with E-state index in [1.807, 2.05) is 6.92 Å². The van der Waals surface area contributed by atoms with Gasteiger partial charge in [0.2, 0.25) is 0 Å². The van der Waals surface area contributed by atoms with Crippen LogP contribution in [-0.4, -0.2) is 26.9 Å². The molecule has 1 aromatic heterocycles. The van der Waals surface area contributed by atoms with Gasteiger partial charge >= 0.3 is 12.0 Å². The first kappa shape index (κ1) is 13.6. The van der Waals surface area contributed by atoms with Gasteiger partial charge in [-0.05, 0) is 31.2 Å². The number of aromatic carboxylic acids is 1. The van der Waals surface area contributed by atoms with E-state index in [4.69, 9.17) is 5.11 Å². The number of aryl methyl sites for hydroxylation is 2. The molecule has 0 saturated carbocycles. The Hall–Kier alpha value is -2.83. The first-order valence-electron chi connectivity index (χ1n) is 5.87. The van der Waals surface area contributed by atoms with Crippen LogP contribution in [0.3, 0.4) is 0 Å². The summed E-state index contributed by atoms with van der Waals surface area (Å²) in [5.41, 5.74) is 1.59. The third-order valence-corrected chi connectivity index (χ3v) is 2.75. The number of carboxylic acids is 1. The molecular formula is C13H14N4O3. The Balaban J connectivity index is 1.99. The maximum atomic E-state index is 11.7. The molecule has 0 fully saturated rings. The molecule has 0 atom stereocenters. The fourth-order valence-corrected chi connectivity index (χ4v) is 1.60. The monoisotopic (exact) mass is 274 g/mol. The van der Waals surface area contributed by atoms with Gasteiger partial charge in [-0.3, -0.25) is 10.00 Å². The summed E-state index contributed by atoms with van der Waals surface area (Å²) in [6, 6.07) is 7.18. The zero-order valence-electron chi connectivity index (χ0n) is 11.0. The molecule has 0 bridgehead atoms. The van der Waals surface area contributed by atoms with Gasteiger partial charge in [-0.15, -0.1) is 0 Å². The Kier molecular flexibility index (Phi) is 3.69. The number of carbonyl (C=O) groups excluding carboxylic acids is 1. The summed E-state index contributed by atoms with van der Waals surface area (Å²) in [6.07, 6.45) is 0. The summed E-state index contributed by atoms with van der Waals surface area (Å²) in [4.78, 5) is 22.4. The van der Waals surface area contributed by atoms with Gasteiger partial charge in [-0.1, -0.05) is 0 Å². The summed E-state index contributed by atoms with van der Waals surface area (Å²) in [5, 5.41) is 18.1. The lowest BCUT2D eigenvalue weighted by molar-refractivity contribution is 0.0697. The Morgan fingerprint density at radius 2 is 1.85 bits per heavy atom. The lowest BCUT2D eigenvalue weighted by atomic mass is 10.2. The van der Waals surface area contributed by atoms with Gasteiger partial charge in [0.05, 0.1) is 5.56 Å². The van der Waals surface area contributed by atoms with E-state index in [9.17, 15) is 9.59 Å². The predicted octanol–water partition coefficient (Wildman–Crippen LogP) is 2.07. The molecule has 0 spiro atoms. The van der Waals surface area contributed by atoms with Crippen molar-refractivity contribution in [1.29, 1.82) is 0 Å². The van der Waals surface area contributed by atoms with Crippen molar-refractivity contribution in [3.05, 3.63) is 41.6 Å². The molecule has 1 heterocycles. The summed E-state index contributed by atoms with van der Waals surface area (Å²) < 4.78 is 1.65. The fourth-order valence-electron chi connectivity index (χ4n) is 1.60. The number of hydrogen-bond donors (Lipinski definition) is 3. The fraction of sp³-hybridized carbons (Fsp3) is 0.154. The standard InChI is InChI=1S/C13H14N4O3/c1-8-7-11(16-17(8)2)15-13(20)14-10-5-3-9(4-6-10)12(18)19/h3-7H,1-2H3,(H,18,19)(H2,14,15,16,20). The van der Waals surface area contributed by atoms with Gasteiger partial charge in [0, 0.05) is 24.5 Å². The molecule has 0 saturated heterocycles. The van der Waals surface area contributed by atoms with E-state index in [-0.39, 0.29) is 5.56 Å². The number of urea groups is 1. The van der Waals surface area contributed by atoms with E-state index in [1.54, 1.807) is 17.8 Å². The number of rotatable bonds is 3. The molecular weight excluding hydrogens is 260 g/mol. The number of benzene rings is 1. The van der Waals surface area contributed by atoms with Crippen LogP contribution >= 0.6 is 0 Å². The summed E-state index contributed by atoms with van der Waals surface area (Å²) in [7, 11) is 1.78. The van der Waals surface area contributed by atoms with Crippen LogP contribution in [0.2, 0.25) is 0 Å². The van der Waals surface area contributed by atoms with Crippen molar-refractivity contribution >= 4 is 23.5 Å². The Morgan fingerprint density at radius 1 is 1.20 bits per heavy atom. The molecule has 0 aliphatic heterocycles. The molecule has 7 nitrogen and oxygen atoms in total. The zero-order valence-corrected chi connectivity index (χ0v) is 11.0. The number of hydrogen-bond acceptors (Lipinski definition) is 3. The van der Waals surface area contributed by atoms with E-state index in [0.29, 0.717) is 11.5 Å². The van der Waals surface area contributed by atoms with Crippen LogP contribution in [0.5, 0.6) is 0 Å². The molecule has 2 aromatic rings. The smallest absolute Gasteiger partial charge is 0.335 e. The molecule has 0 radical (unpaired) electrons. The highest BCUT2D eigenvalue weighted by molar-refractivity contribution is 5.99. The van der Waals surface area contributed by atoms with Crippen LogP contribution in [0.15, 0.2) is 30.3 Å². The van der Waals surface area contributed by atoms with E-state index in [1.165, 1.54) is 24.3 Å². The van der Waals surface area contributed by atoms with E-state index < -0.39 is 12.0 Å². The molecule has 20 heavy (non-hydrogen) atoms. The van der Waals surface area contributed by atoms with E-state index in [2.05, 4.69) is 15.7 Å². The normalized spacial score (nSPS) is 10.1. The van der Waals surface area contributed by atoms with Crippen molar-refractivity contribution in [2.75, 3.05) is 10.6 Å². The minimum atomic E-state index is -1.01. The molecule has 0 aliphatic rings. The first-order chi connectivity index (χ1) is 9.45. The number of nitrogens with one attached hydrogen (secondary N) is 2. The minimum Gasteiger partial charge on any atom is -0.478 e. The quantitative estimate of drug-likeness (QED) is 0.798. The predicted molar refractivity (Wildman–Crippen MR) is 74.0 cm³/mol. The van der Waals surface area contributed by atoms with Crippen LogP contribution in [0.4, 0.5) is 16.3 Å². The molecule has 1 aromatic carbocycles. The summed E-state index contributed by atoms with van der Waals surface area (Å²) >= 11 is 0. The summed E-state index contributed by atoms with van der Waals surface area (Å²) in [5.74, 6) is -0.561. The molecule has 3 N–H and O–H groups in total. The Labute approximate surface area is 115 Å². The van der Waals surface area contributed by atoms with Crippen LogP contribution in [0.25, 0.3) is 0 Å². The van der Waals surface area contributed by atoms with Crippen molar-refractivity contribution in [3.63, 3.8) is 0 Å². The average Bonchev–Trinajstić information content (AvgIpc) is 2.68. The van der Waals surface area contributed by atoms with E-state index >= 15 is 0 Å². The molecule has 2 amide bonds. The molecule has 0 aliphatic carbocycles. The molecule has 7 heteroatoms. The van der Waals surface area contributed by atoms with Gasteiger partial charge in [0.25, 0.3) is 0 Å². The second-order valence-corrected chi connectivity index (χ2v) is 4.26. The number of amides is 2. The number of anilines is 2. The molecule has 104 valence electrons. The largest absolute Gasteiger partial charge is 0.478 e. The van der Waals surface area contributed by atoms with Gasteiger partial charge in [-0.25, -0.2) is 9.59 Å². The third kappa shape index (κ3) is 3.14. The first-order valence-corrected chi connectivity index (χ1v) is 5.87. The number of aromatic nitrogens is 2. The van der Waals surface area contributed by atoms with Gasteiger partial charge in [0.1, 0.15) is 0 Å². The maximum absolute atomic E-state index is 11.7. The van der Waals surface area contributed by atoms with Gasteiger partial charge in [0.15, 0.2) is 5.82 Å². The number of nitrogens with zero attached hydrogens (tertiary/aromatic N) is 2. The highest BCUT2D eigenvalue weighted by atomic mass is 16.4. The van der Waals surface area contributed by atoms with Gasteiger partial charge < -0.3 is 10.4 Å². The SMILES string of the molecule is Cc1cc(NC(=O)Nc2ccc(C(=O)O)cc2)nn1C. The maximum Gasteiger partial charge on any atom is 0.335 e. The minimum absolute atomic E-state index is 0.163. The van der Waals surface area contributed by atoms with Crippen LogP contribution in [-0.2, 0) is 7.05 Å². The van der Waals surface area contributed by atoms with E-state index in [0.717, 1.165) is 5.69 Å². The van der Waals surface area contributed by atoms with Crippen molar-refractivity contribution in [3.8, 4) is 0 Å². The Bertz CT molecular complexity index is 627. The van der Waals surface area contributed by atoms with Crippen molar-refractivity contribution in [2.45, 2.75) is 6.92 Å². The second kappa shape index (κ2) is 5.43. The number of carbonyl (C=O) groups is 2. The lowest BCUT2D eigenvalue weighted by Gasteiger charge is -2.05. The highest BCUT2D eigenvalue weighted by Gasteiger charge is 2.07. The zero-order chi connectivity index (χ0) is 14.7. The van der Waals surface area contributed by atoms with Crippen LogP contribution in [0, 0.1) is 6.92 Å². The molecule has 0 unspecified atom stereocenters. The van der Waals surface area contributed by atoms with Crippen molar-refractivity contribution in [1.82, 2.24) is 9.78 Å². The Morgan fingerprint density at radius 3 is 2.35 bits per heavy atom. The lowest BCUT2D eigenvalue weighted by Crippen LogP contribution is -2.19. The van der Waals surface area contributed by atoms with Gasteiger partial charge in [-0.2, -0.15) is 5.10 Å². The van der Waals surface area contributed by atoms with Crippen LogP contribution in [0.1, 0.15) is 16.1 Å². The topological polar surface area (TPSA) is 96.2 Å². The van der Waals surface area contributed by atoms with Crippen molar-refractivity contribution in [2.24, 2.45) is 7.05 Å².